The molecule has 2 unspecified atom stereocenters. The van der Waals surface area contributed by atoms with E-state index in [1.165, 1.54) is 25.7 Å². The first-order valence-corrected chi connectivity index (χ1v) is 7.83. The Hall–Kier alpha value is -0.770. The van der Waals surface area contributed by atoms with Crippen LogP contribution in [0.15, 0.2) is 0 Å². The molecule has 1 saturated heterocycles. The van der Waals surface area contributed by atoms with Gasteiger partial charge in [-0.05, 0) is 52.4 Å². The normalized spacial score (nSPS) is 24.1. The molecule has 1 N–H and O–H groups in total. The predicted octanol–water partition coefficient (Wildman–Crippen LogP) is 3.82. The molecule has 1 heterocycles. The van der Waals surface area contributed by atoms with E-state index in [-0.39, 0.29) is 11.7 Å². The Morgan fingerprint density at radius 1 is 1.20 bits per heavy atom. The van der Waals surface area contributed by atoms with Crippen molar-refractivity contribution < 1.29 is 14.6 Å². The molecule has 0 bridgehead atoms. The van der Waals surface area contributed by atoms with Crippen molar-refractivity contribution in [2.75, 3.05) is 13.7 Å². The third-order valence-electron chi connectivity index (χ3n) is 3.38. The third kappa shape index (κ3) is 6.12. The molecule has 2 aliphatic rings. The summed E-state index contributed by atoms with van der Waals surface area (Å²) in [5, 5.41) is 7.00. The fourth-order valence-corrected chi connectivity index (χ4v) is 2.54. The Labute approximate surface area is 124 Å². The van der Waals surface area contributed by atoms with Gasteiger partial charge in [0.2, 0.25) is 0 Å². The van der Waals surface area contributed by atoms with Crippen molar-refractivity contribution in [1.82, 2.24) is 4.90 Å². The lowest BCUT2D eigenvalue weighted by molar-refractivity contribution is -0.0224. The molecule has 4 nitrogen and oxygen atoms in total. The van der Waals surface area contributed by atoms with Crippen LogP contribution in [-0.2, 0) is 4.74 Å². The van der Waals surface area contributed by atoms with Crippen LogP contribution in [0.2, 0.25) is 0 Å². The molecule has 0 spiro atoms. The number of likely N-dealkylation sites (tertiary alicyclic amines) is 1. The second kappa shape index (κ2) is 9.22. The average Bonchev–Trinajstić information content (AvgIpc) is 2.32. The van der Waals surface area contributed by atoms with E-state index < -0.39 is 0 Å². The summed E-state index contributed by atoms with van der Waals surface area (Å²) < 4.78 is 5.42. The van der Waals surface area contributed by atoms with Gasteiger partial charge in [-0.25, -0.2) is 4.79 Å². The van der Waals surface area contributed by atoms with Crippen molar-refractivity contribution in [1.29, 1.82) is 0 Å². The second-order valence-corrected chi connectivity index (χ2v) is 6.43. The van der Waals surface area contributed by atoms with Gasteiger partial charge < -0.3 is 14.7 Å². The molecule has 0 aromatic heterocycles. The summed E-state index contributed by atoms with van der Waals surface area (Å²) in [4.78, 5) is 13.9. The summed E-state index contributed by atoms with van der Waals surface area (Å²) in [6, 6.07) is 0.480. The lowest BCUT2D eigenvalue weighted by Gasteiger charge is -2.48. The molecule has 1 aliphatic carbocycles. The van der Waals surface area contributed by atoms with Crippen LogP contribution >= 0.6 is 0 Å². The van der Waals surface area contributed by atoms with Gasteiger partial charge in [-0.15, -0.1) is 0 Å². The predicted molar refractivity (Wildman–Crippen MR) is 82.8 cm³/mol. The third-order valence-corrected chi connectivity index (χ3v) is 3.38. The van der Waals surface area contributed by atoms with E-state index >= 15 is 0 Å². The van der Waals surface area contributed by atoms with Crippen LogP contribution in [0.1, 0.15) is 66.7 Å². The summed E-state index contributed by atoms with van der Waals surface area (Å²) in [6.45, 7) is 10.9. The molecule has 1 saturated carbocycles. The summed E-state index contributed by atoms with van der Waals surface area (Å²) in [5.41, 5.74) is -0.367. The second-order valence-electron chi connectivity index (χ2n) is 6.43. The van der Waals surface area contributed by atoms with Crippen LogP contribution < -0.4 is 0 Å². The van der Waals surface area contributed by atoms with Crippen molar-refractivity contribution in [2.45, 2.75) is 78.4 Å². The summed E-state index contributed by atoms with van der Waals surface area (Å²) >= 11 is 0. The van der Waals surface area contributed by atoms with Crippen LogP contribution in [0, 0.1) is 5.92 Å². The Bertz CT molecular complexity index is 273. The van der Waals surface area contributed by atoms with Gasteiger partial charge in [-0.2, -0.15) is 0 Å². The zero-order valence-electron chi connectivity index (χ0n) is 14.1. The highest BCUT2D eigenvalue weighted by Crippen LogP contribution is 2.39. The molecule has 2 rings (SSSR count). The Balaban J connectivity index is 0.000000641. The van der Waals surface area contributed by atoms with Gasteiger partial charge in [0, 0.05) is 19.7 Å². The zero-order valence-corrected chi connectivity index (χ0v) is 14.1. The molecule has 2 fully saturated rings. The van der Waals surface area contributed by atoms with Gasteiger partial charge >= 0.3 is 6.09 Å². The quantitative estimate of drug-likeness (QED) is 0.737. The van der Waals surface area contributed by atoms with Gasteiger partial charge in [0.15, 0.2) is 0 Å². The minimum absolute atomic E-state index is 0.114. The molecule has 0 aromatic carbocycles. The van der Waals surface area contributed by atoms with Crippen molar-refractivity contribution in [2.24, 2.45) is 5.92 Å². The van der Waals surface area contributed by atoms with E-state index in [1.54, 1.807) is 0 Å². The summed E-state index contributed by atoms with van der Waals surface area (Å²) in [7, 11) is 1.00. The van der Waals surface area contributed by atoms with Crippen LogP contribution in [0.25, 0.3) is 0 Å². The smallest absolute Gasteiger partial charge is 0.410 e. The van der Waals surface area contributed by atoms with E-state index in [0.29, 0.717) is 6.04 Å². The number of fused-ring (bicyclic) bond motifs is 1. The van der Waals surface area contributed by atoms with Crippen LogP contribution in [-0.4, -0.2) is 41.4 Å². The highest BCUT2D eigenvalue weighted by molar-refractivity contribution is 5.69. The number of aliphatic hydroxyl groups is 1. The molecule has 0 radical (unpaired) electrons. The molecular formula is C16H33NO3. The first kappa shape index (κ1) is 19.2. The number of piperidine rings is 1. The van der Waals surface area contributed by atoms with Crippen LogP contribution in [0.4, 0.5) is 4.79 Å². The van der Waals surface area contributed by atoms with Crippen molar-refractivity contribution >= 4 is 6.09 Å². The van der Waals surface area contributed by atoms with Crippen molar-refractivity contribution in [3.05, 3.63) is 0 Å². The number of nitrogens with zero attached hydrogens (tertiary/aromatic N) is 1. The van der Waals surface area contributed by atoms with Crippen molar-refractivity contribution in [3.8, 4) is 0 Å². The molecule has 120 valence electrons. The lowest BCUT2D eigenvalue weighted by atomic mass is 9.73. The van der Waals surface area contributed by atoms with E-state index in [0.717, 1.165) is 26.0 Å². The molecular weight excluding hydrogens is 254 g/mol. The summed E-state index contributed by atoms with van der Waals surface area (Å²) in [6.07, 6.45) is 6.04. The van der Waals surface area contributed by atoms with Crippen LogP contribution in [0.3, 0.4) is 0 Å². The number of hydrogen-bond donors (Lipinski definition) is 1. The Kier molecular flexibility index (Phi) is 8.86. The van der Waals surface area contributed by atoms with Crippen molar-refractivity contribution in [3.63, 3.8) is 0 Å². The number of amides is 1. The molecule has 20 heavy (non-hydrogen) atoms. The lowest BCUT2D eigenvalue weighted by Crippen LogP contribution is -2.54. The fraction of sp³-hybridized carbons (Fsp3) is 0.938. The average molecular weight is 287 g/mol. The number of hydrogen-bond acceptors (Lipinski definition) is 3. The van der Waals surface area contributed by atoms with E-state index in [1.807, 2.05) is 25.7 Å². The monoisotopic (exact) mass is 287 g/mol. The van der Waals surface area contributed by atoms with E-state index in [9.17, 15) is 4.79 Å². The molecule has 4 heteroatoms. The Morgan fingerprint density at radius 3 is 2.15 bits per heavy atom. The topological polar surface area (TPSA) is 49.8 Å². The van der Waals surface area contributed by atoms with Gasteiger partial charge in [0.25, 0.3) is 0 Å². The standard InChI is InChI=1S/C12H21NO2.C3H8.CH4O/c1-12(2,3)15-11(14)13-8-4-5-9-6-7-10(9)13;1-3-2;1-2/h9-10H,4-8H2,1-3H3;3H2,1-2H3;2H,1H3. The Morgan fingerprint density at radius 2 is 1.75 bits per heavy atom. The number of aliphatic hydroxyl groups excluding tert-OH is 1. The number of ether oxygens (including phenoxy) is 1. The zero-order chi connectivity index (χ0) is 15.8. The van der Waals surface area contributed by atoms with E-state index in [2.05, 4.69) is 13.8 Å². The fourth-order valence-electron chi connectivity index (χ4n) is 2.54. The van der Waals surface area contributed by atoms with E-state index in [4.69, 9.17) is 9.84 Å². The maximum absolute atomic E-state index is 11.9. The molecule has 2 atom stereocenters. The number of carbonyl (C=O) groups excluding carboxylic acids is 1. The highest BCUT2D eigenvalue weighted by Gasteiger charge is 2.41. The number of rotatable bonds is 0. The highest BCUT2D eigenvalue weighted by atomic mass is 16.6. The van der Waals surface area contributed by atoms with Gasteiger partial charge in [0.05, 0.1) is 0 Å². The molecule has 1 amide bonds. The largest absolute Gasteiger partial charge is 0.444 e. The van der Waals surface area contributed by atoms with Crippen LogP contribution in [0.5, 0.6) is 0 Å². The maximum Gasteiger partial charge on any atom is 0.410 e. The first-order chi connectivity index (χ1) is 9.39. The molecule has 0 aromatic rings. The van der Waals surface area contributed by atoms with Gasteiger partial charge in [-0.3, -0.25) is 0 Å². The SMILES string of the molecule is CC(C)(C)OC(=O)N1CCCC2CCC21.CCC.CO. The maximum atomic E-state index is 11.9. The first-order valence-electron chi connectivity index (χ1n) is 7.83. The minimum atomic E-state index is -0.367. The summed E-state index contributed by atoms with van der Waals surface area (Å²) in [5.74, 6) is 0.756. The van der Waals surface area contributed by atoms with Gasteiger partial charge in [0.1, 0.15) is 5.60 Å². The number of carbonyl (C=O) groups is 1. The molecule has 1 aliphatic heterocycles. The minimum Gasteiger partial charge on any atom is -0.444 e. The van der Waals surface area contributed by atoms with Gasteiger partial charge in [-0.1, -0.05) is 20.3 Å².